The van der Waals surface area contributed by atoms with Crippen molar-refractivity contribution in [2.24, 2.45) is 17.3 Å². The van der Waals surface area contributed by atoms with Crippen molar-refractivity contribution in [3.63, 3.8) is 0 Å². The Morgan fingerprint density at radius 1 is 0.650 bits per heavy atom. The molecule has 0 heterocycles. The molecular weight excluding hydrogens is 240 g/mol. The van der Waals surface area contributed by atoms with Crippen molar-refractivity contribution in [3.05, 3.63) is 0 Å². The van der Waals surface area contributed by atoms with Crippen molar-refractivity contribution in [2.75, 3.05) is 0 Å². The molecule has 0 saturated carbocycles. The molecular formula is C20H42. The summed E-state index contributed by atoms with van der Waals surface area (Å²) in [6.07, 6.45) is 15.5. The highest BCUT2D eigenvalue weighted by Crippen LogP contribution is 2.44. The predicted octanol–water partition coefficient (Wildman–Crippen LogP) is 7.62. The highest BCUT2D eigenvalue weighted by Gasteiger charge is 2.35. The Labute approximate surface area is 130 Å². The van der Waals surface area contributed by atoms with Gasteiger partial charge in [-0.1, -0.05) is 106 Å². The van der Waals surface area contributed by atoms with E-state index < -0.39 is 0 Å². The van der Waals surface area contributed by atoms with E-state index in [9.17, 15) is 0 Å². The van der Waals surface area contributed by atoms with Crippen LogP contribution in [0.25, 0.3) is 0 Å². The molecule has 20 heavy (non-hydrogen) atoms. The molecule has 3 atom stereocenters. The Morgan fingerprint density at radius 3 is 1.65 bits per heavy atom. The molecule has 0 radical (unpaired) electrons. The summed E-state index contributed by atoms with van der Waals surface area (Å²) in [5.41, 5.74) is 0.567. The maximum atomic E-state index is 2.59. The van der Waals surface area contributed by atoms with Gasteiger partial charge in [0.2, 0.25) is 0 Å². The monoisotopic (exact) mass is 282 g/mol. The lowest BCUT2D eigenvalue weighted by Crippen LogP contribution is -2.33. The molecule has 0 nitrogen and oxygen atoms in total. The van der Waals surface area contributed by atoms with Crippen LogP contribution >= 0.6 is 0 Å². The highest BCUT2D eigenvalue weighted by atomic mass is 14.4. The first-order valence-electron chi connectivity index (χ1n) is 9.52. The Balaban J connectivity index is 4.47. The summed E-state index contributed by atoms with van der Waals surface area (Å²) in [7, 11) is 0. The summed E-state index contributed by atoms with van der Waals surface area (Å²) in [4.78, 5) is 0. The minimum absolute atomic E-state index is 0.567. The number of rotatable bonds is 13. The van der Waals surface area contributed by atoms with Gasteiger partial charge in [0.25, 0.3) is 0 Å². The molecule has 0 fully saturated rings. The SMILES string of the molecule is CCCCCCC(C)C(C)(CCCC)C(C)CCCC. The van der Waals surface area contributed by atoms with Crippen LogP contribution in [0.3, 0.4) is 0 Å². The van der Waals surface area contributed by atoms with Crippen LogP contribution in [0.1, 0.15) is 112 Å². The summed E-state index contributed by atoms with van der Waals surface area (Å²) in [6.45, 7) is 14.6. The summed E-state index contributed by atoms with van der Waals surface area (Å²) in [5, 5.41) is 0. The fourth-order valence-electron chi connectivity index (χ4n) is 3.58. The van der Waals surface area contributed by atoms with Crippen LogP contribution in [0, 0.1) is 17.3 Å². The van der Waals surface area contributed by atoms with Gasteiger partial charge in [-0.05, 0) is 23.7 Å². The molecule has 0 saturated heterocycles. The third-order valence-corrected chi connectivity index (χ3v) is 5.80. The second-order valence-electron chi connectivity index (χ2n) is 7.40. The predicted molar refractivity (Wildman–Crippen MR) is 94.2 cm³/mol. The first-order valence-corrected chi connectivity index (χ1v) is 9.52. The summed E-state index contributed by atoms with van der Waals surface area (Å²) in [5.74, 6) is 1.77. The molecule has 0 aromatic rings. The lowest BCUT2D eigenvalue weighted by Gasteiger charge is -2.42. The maximum absolute atomic E-state index is 2.59. The van der Waals surface area contributed by atoms with Crippen LogP contribution in [0.4, 0.5) is 0 Å². The minimum Gasteiger partial charge on any atom is -0.0654 e. The van der Waals surface area contributed by atoms with Gasteiger partial charge in [-0.2, -0.15) is 0 Å². The third kappa shape index (κ3) is 7.14. The molecule has 3 unspecified atom stereocenters. The minimum atomic E-state index is 0.567. The Kier molecular flexibility index (Phi) is 11.6. The molecule has 0 N–H and O–H groups in total. The molecule has 0 aliphatic heterocycles. The van der Waals surface area contributed by atoms with Crippen LogP contribution in [0.5, 0.6) is 0 Å². The van der Waals surface area contributed by atoms with Crippen LogP contribution in [0.15, 0.2) is 0 Å². The van der Waals surface area contributed by atoms with Gasteiger partial charge in [0.15, 0.2) is 0 Å². The van der Waals surface area contributed by atoms with E-state index in [1.807, 2.05) is 0 Å². The van der Waals surface area contributed by atoms with Crippen LogP contribution in [-0.4, -0.2) is 0 Å². The van der Waals surface area contributed by atoms with E-state index in [-0.39, 0.29) is 0 Å². The van der Waals surface area contributed by atoms with E-state index in [0.717, 1.165) is 11.8 Å². The maximum Gasteiger partial charge on any atom is -0.0274 e. The Bertz CT molecular complexity index is 208. The fourth-order valence-corrected chi connectivity index (χ4v) is 3.58. The largest absolute Gasteiger partial charge is 0.0654 e. The van der Waals surface area contributed by atoms with E-state index in [2.05, 4.69) is 41.5 Å². The average Bonchev–Trinajstić information content (AvgIpc) is 2.46. The van der Waals surface area contributed by atoms with E-state index in [1.54, 1.807) is 0 Å². The smallest absolute Gasteiger partial charge is 0.0274 e. The Hall–Kier alpha value is 0. The molecule has 122 valence electrons. The van der Waals surface area contributed by atoms with Crippen molar-refractivity contribution in [3.8, 4) is 0 Å². The van der Waals surface area contributed by atoms with Gasteiger partial charge in [-0.3, -0.25) is 0 Å². The average molecular weight is 283 g/mol. The van der Waals surface area contributed by atoms with Crippen LogP contribution in [-0.2, 0) is 0 Å². The molecule has 0 heteroatoms. The van der Waals surface area contributed by atoms with E-state index >= 15 is 0 Å². The molecule has 0 aromatic carbocycles. The zero-order chi connectivity index (χ0) is 15.4. The zero-order valence-corrected chi connectivity index (χ0v) is 15.4. The van der Waals surface area contributed by atoms with Gasteiger partial charge in [-0.25, -0.2) is 0 Å². The molecule has 0 aromatic heterocycles. The molecule has 0 aliphatic carbocycles. The van der Waals surface area contributed by atoms with Crippen LogP contribution < -0.4 is 0 Å². The van der Waals surface area contributed by atoms with Crippen LogP contribution in [0.2, 0.25) is 0 Å². The third-order valence-electron chi connectivity index (χ3n) is 5.80. The molecule has 0 aliphatic rings. The Morgan fingerprint density at radius 2 is 1.15 bits per heavy atom. The molecule has 0 bridgehead atoms. The standard InChI is InChI=1S/C20H42/c1-7-10-13-14-16-19(5)20(6,17-12-9-3)18(4)15-11-8-2/h18-19H,7-17H2,1-6H3. The number of unbranched alkanes of at least 4 members (excludes halogenated alkanes) is 5. The normalized spacial score (nSPS) is 17.7. The molecule has 0 amide bonds. The van der Waals surface area contributed by atoms with Gasteiger partial charge < -0.3 is 0 Å². The fraction of sp³-hybridized carbons (Fsp3) is 1.00. The van der Waals surface area contributed by atoms with Crippen molar-refractivity contribution >= 4 is 0 Å². The summed E-state index contributed by atoms with van der Waals surface area (Å²) in [6, 6.07) is 0. The van der Waals surface area contributed by atoms with Crippen molar-refractivity contribution in [1.82, 2.24) is 0 Å². The van der Waals surface area contributed by atoms with Gasteiger partial charge in [0, 0.05) is 0 Å². The lowest BCUT2D eigenvalue weighted by atomic mass is 9.63. The van der Waals surface area contributed by atoms with Crippen molar-refractivity contribution < 1.29 is 0 Å². The van der Waals surface area contributed by atoms with E-state index in [0.29, 0.717) is 5.41 Å². The van der Waals surface area contributed by atoms with Gasteiger partial charge in [-0.15, -0.1) is 0 Å². The van der Waals surface area contributed by atoms with Crippen molar-refractivity contribution in [1.29, 1.82) is 0 Å². The van der Waals surface area contributed by atoms with Gasteiger partial charge >= 0.3 is 0 Å². The molecule has 0 spiro atoms. The zero-order valence-electron chi connectivity index (χ0n) is 15.4. The first-order chi connectivity index (χ1) is 9.52. The second kappa shape index (κ2) is 11.6. The number of hydrogen-bond acceptors (Lipinski definition) is 0. The molecule has 0 rings (SSSR count). The summed E-state index contributed by atoms with van der Waals surface area (Å²) < 4.78 is 0. The van der Waals surface area contributed by atoms with Crippen molar-refractivity contribution in [2.45, 2.75) is 112 Å². The topological polar surface area (TPSA) is 0 Å². The quantitative estimate of drug-likeness (QED) is 0.305. The van der Waals surface area contributed by atoms with E-state index in [1.165, 1.54) is 70.6 Å². The number of hydrogen-bond donors (Lipinski definition) is 0. The lowest BCUT2D eigenvalue weighted by molar-refractivity contribution is 0.0815. The highest BCUT2D eigenvalue weighted by molar-refractivity contribution is 4.85. The van der Waals surface area contributed by atoms with Gasteiger partial charge in [0.05, 0.1) is 0 Å². The van der Waals surface area contributed by atoms with E-state index in [4.69, 9.17) is 0 Å². The summed E-state index contributed by atoms with van der Waals surface area (Å²) >= 11 is 0. The second-order valence-corrected chi connectivity index (χ2v) is 7.40. The first kappa shape index (κ1) is 20.0. The van der Waals surface area contributed by atoms with Gasteiger partial charge in [0.1, 0.15) is 0 Å².